The van der Waals surface area contributed by atoms with Crippen LogP contribution < -0.4 is 5.32 Å². The van der Waals surface area contributed by atoms with Crippen molar-refractivity contribution in [3.8, 4) is 34.2 Å². The largest absolute Gasteiger partial charge is 0.478 e. The molecule has 0 saturated carbocycles. The van der Waals surface area contributed by atoms with E-state index >= 15 is 0 Å². The Bertz CT molecular complexity index is 1900. The number of nitrogens with zero attached hydrogens (tertiary/aromatic N) is 7. The predicted octanol–water partition coefficient (Wildman–Crippen LogP) is 4.76. The van der Waals surface area contributed by atoms with E-state index in [0.717, 1.165) is 36.7 Å². The molecule has 13 nitrogen and oxygen atoms in total. The molecule has 19 heteroatoms. The number of aromatic carboxylic acids is 2. The number of alkyl halides is 6. The fourth-order valence-electron chi connectivity index (χ4n) is 4.55. The van der Waals surface area contributed by atoms with Crippen molar-refractivity contribution in [2.75, 3.05) is 6.54 Å². The van der Waals surface area contributed by atoms with E-state index in [1.54, 1.807) is 6.92 Å². The van der Waals surface area contributed by atoms with Crippen LogP contribution in [0.4, 0.5) is 26.3 Å². The quantitative estimate of drug-likeness (QED) is 0.197. The van der Waals surface area contributed by atoms with E-state index in [1.165, 1.54) is 12.1 Å². The van der Waals surface area contributed by atoms with Crippen molar-refractivity contribution in [3.05, 3.63) is 88.7 Å². The minimum absolute atomic E-state index is 0.0835. The van der Waals surface area contributed by atoms with Gasteiger partial charge in [0, 0.05) is 12.1 Å². The highest BCUT2D eigenvalue weighted by atomic mass is 19.4. The van der Waals surface area contributed by atoms with Crippen molar-refractivity contribution < 1.29 is 50.9 Å². The first kappa shape index (κ1) is 32.3. The van der Waals surface area contributed by atoms with Crippen LogP contribution in [0.2, 0.25) is 0 Å². The molecule has 5 rings (SSSR count). The molecule has 3 N–H and O–H groups in total. The molecule has 2 aromatic carbocycles. The third-order valence-electron chi connectivity index (χ3n) is 6.54. The number of para-hydroxylation sites is 2. The van der Waals surface area contributed by atoms with Gasteiger partial charge in [-0.3, -0.25) is 4.79 Å². The van der Waals surface area contributed by atoms with Gasteiger partial charge in [0.05, 0.1) is 57.4 Å². The smallest absolute Gasteiger partial charge is 0.418 e. The monoisotopic (exact) mass is 660 g/mol. The first-order valence-corrected chi connectivity index (χ1v) is 13.1. The summed E-state index contributed by atoms with van der Waals surface area (Å²) in [6.07, 6.45) is -8.07. The highest BCUT2D eigenvalue weighted by Crippen LogP contribution is 2.37. The Balaban J connectivity index is 1.66. The minimum atomic E-state index is -4.98. The minimum Gasteiger partial charge on any atom is -0.478 e. The molecule has 0 bridgehead atoms. The second-order valence-corrected chi connectivity index (χ2v) is 9.59. The van der Waals surface area contributed by atoms with E-state index in [1.807, 2.05) is 0 Å². The third-order valence-corrected chi connectivity index (χ3v) is 6.54. The van der Waals surface area contributed by atoms with Crippen LogP contribution in [0, 0.1) is 0 Å². The molecule has 0 aliphatic heterocycles. The SMILES string of the molecule is CCNC(=O)c1cc(-c2cn(-c3c(C(=O)O)cccc3C(F)(F)F)nn2)nc(-c2cn(-c3c(C(=O)O)cccc3C(F)(F)F)nn2)c1. The van der Waals surface area contributed by atoms with E-state index in [2.05, 4.69) is 30.9 Å². The first-order valence-electron chi connectivity index (χ1n) is 13.1. The number of hydrogen-bond acceptors (Lipinski definition) is 8. The average Bonchev–Trinajstić information content (AvgIpc) is 3.70. The number of carbonyl (C=O) groups is 3. The second-order valence-electron chi connectivity index (χ2n) is 9.59. The molecule has 242 valence electrons. The van der Waals surface area contributed by atoms with Crippen LogP contribution in [0.25, 0.3) is 34.2 Å². The van der Waals surface area contributed by atoms with Crippen LogP contribution in [-0.4, -0.2) is 69.6 Å². The Morgan fingerprint density at radius 1 is 0.723 bits per heavy atom. The van der Waals surface area contributed by atoms with Gasteiger partial charge in [-0.2, -0.15) is 26.3 Å². The van der Waals surface area contributed by atoms with Gasteiger partial charge < -0.3 is 15.5 Å². The number of halogens is 6. The van der Waals surface area contributed by atoms with E-state index in [9.17, 15) is 50.9 Å². The summed E-state index contributed by atoms with van der Waals surface area (Å²) in [6, 6.07) is 7.42. The van der Waals surface area contributed by atoms with Crippen LogP contribution in [0.15, 0.2) is 60.9 Å². The van der Waals surface area contributed by atoms with Gasteiger partial charge in [-0.25, -0.2) is 23.9 Å². The zero-order valence-electron chi connectivity index (χ0n) is 23.5. The molecular weight excluding hydrogens is 642 g/mol. The highest BCUT2D eigenvalue weighted by molar-refractivity contribution is 5.96. The number of hydrogen-bond donors (Lipinski definition) is 3. The Morgan fingerprint density at radius 2 is 1.15 bits per heavy atom. The summed E-state index contributed by atoms with van der Waals surface area (Å²) in [5.41, 5.74) is -6.69. The van der Waals surface area contributed by atoms with E-state index in [0.29, 0.717) is 21.5 Å². The van der Waals surface area contributed by atoms with E-state index in [-0.39, 0.29) is 34.9 Å². The maximum Gasteiger partial charge on any atom is 0.418 e. The molecule has 5 aromatic rings. The van der Waals surface area contributed by atoms with Crippen LogP contribution in [0.5, 0.6) is 0 Å². The summed E-state index contributed by atoms with van der Waals surface area (Å²) in [7, 11) is 0. The van der Waals surface area contributed by atoms with Gasteiger partial charge in [-0.15, -0.1) is 10.2 Å². The van der Waals surface area contributed by atoms with Crippen LogP contribution in [0.3, 0.4) is 0 Å². The summed E-state index contributed by atoms with van der Waals surface area (Å²) >= 11 is 0. The Morgan fingerprint density at radius 3 is 1.51 bits per heavy atom. The number of aromatic nitrogens is 7. The molecule has 47 heavy (non-hydrogen) atoms. The van der Waals surface area contributed by atoms with Gasteiger partial charge in [-0.1, -0.05) is 22.6 Å². The van der Waals surface area contributed by atoms with Crippen molar-refractivity contribution in [2.45, 2.75) is 19.3 Å². The van der Waals surface area contributed by atoms with Gasteiger partial charge in [0.2, 0.25) is 0 Å². The second kappa shape index (κ2) is 12.0. The lowest BCUT2D eigenvalue weighted by molar-refractivity contribution is -0.138. The molecular formula is C28H18F6N8O5. The molecule has 0 aliphatic carbocycles. The van der Waals surface area contributed by atoms with Crippen molar-refractivity contribution in [2.24, 2.45) is 0 Å². The molecule has 0 radical (unpaired) electrons. The number of carbonyl (C=O) groups excluding carboxylic acids is 1. The zero-order chi connectivity index (χ0) is 34.3. The van der Waals surface area contributed by atoms with Gasteiger partial charge >= 0.3 is 24.3 Å². The lowest BCUT2D eigenvalue weighted by atomic mass is 10.1. The molecule has 3 heterocycles. The fourth-order valence-corrected chi connectivity index (χ4v) is 4.55. The maximum absolute atomic E-state index is 13.8. The van der Waals surface area contributed by atoms with Crippen molar-refractivity contribution >= 4 is 17.8 Å². The average molecular weight is 660 g/mol. The standard InChI is InChI=1S/C28H18F6N8O5/c1-2-35-24(43)13-9-18(20-11-41(39-37-20)22-14(25(44)45)5-3-7-16(22)27(29,30)31)36-19(10-13)21-12-42(40-38-21)23-15(26(46)47)6-4-8-17(23)28(32,33)34/h3-12H,2H2,1H3,(H,35,43)(H,44,45)(H,46,47). The molecule has 1 amide bonds. The number of amides is 1. The van der Waals surface area contributed by atoms with E-state index in [4.69, 9.17) is 0 Å². The van der Waals surface area contributed by atoms with Gasteiger partial charge in [0.25, 0.3) is 5.91 Å². The number of benzene rings is 2. The lowest BCUT2D eigenvalue weighted by Gasteiger charge is -2.14. The molecule has 0 fully saturated rings. The van der Waals surface area contributed by atoms with Crippen molar-refractivity contribution in [1.82, 2.24) is 40.3 Å². The summed E-state index contributed by atoms with van der Waals surface area (Å²) in [6.45, 7) is 1.80. The normalized spacial score (nSPS) is 11.8. The summed E-state index contributed by atoms with van der Waals surface area (Å²) in [4.78, 5) is 40.7. The van der Waals surface area contributed by atoms with Crippen LogP contribution in [0.1, 0.15) is 49.1 Å². The van der Waals surface area contributed by atoms with Gasteiger partial charge in [0.15, 0.2) is 0 Å². The first-order chi connectivity index (χ1) is 22.1. The Labute approximate surface area is 258 Å². The lowest BCUT2D eigenvalue weighted by Crippen LogP contribution is -2.22. The van der Waals surface area contributed by atoms with Crippen LogP contribution >= 0.6 is 0 Å². The van der Waals surface area contributed by atoms with Gasteiger partial charge in [-0.05, 0) is 43.3 Å². The number of carboxylic acid groups (broad SMARTS) is 2. The zero-order valence-corrected chi connectivity index (χ0v) is 23.5. The molecule has 0 aliphatic rings. The molecule has 0 atom stereocenters. The molecule has 0 unspecified atom stereocenters. The van der Waals surface area contributed by atoms with Crippen molar-refractivity contribution in [3.63, 3.8) is 0 Å². The molecule has 0 spiro atoms. The topological polar surface area (TPSA) is 178 Å². The fraction of sp³-hybridized carbons (Fsp3) is 0.143. The molecule has 3 aromatic heterocycles. The van der Waals surface area contributed by atoms with Crippen molar-refractivity contribution in [1.29, 1.82) is 0 Å². The summed E-state index contributed by atoms with van der Waals surface area (Å²) in [5, 5.41) is 36.6. The predicted molar refractivity (Wildman–Crippen MR) is 147 cm³/mol. The summed E-state index contributed by atoms with van der Waals surface area (Å²) < 4.78 is 84.1. The van der Waals surface area contributed by atoms with Gasteiger partial charge in [0.1, 0.15) is 11.4 Å². The number of rotatable bonds is 8. The van der Waals surface area contributed by atoms with Crippen LogP contribution in [-0.2, 0) is 12.4 Å². The number of pyridine rings is 1. The summed E-state index contributed by atoms with van der Waals surface area (Å²) in [5.74, 6) is -4.01. The third kappa shape index (κ3) is 6.35. The Kier molecular flexibility index (Phi) is 8.23. The Hall–Kier alpha value is -6.14. The number of nitrogens with one attached hydrogen (secondary N) is 1. The molecule has 0 saturated heterocycles. The highest BCUT2D eigenvalue weighted by Gasteiger charge is 2.38. The number of carboxylic acids is 2. The van der Waals surface area contributed by atoms with E-state index < -0.39 is 63.8 Å². The maximum atomic E-state index is 13.8.